The summed E-state index contributed by atoms with van der Waals surface area (Å²) >= 11 is 1.92. The van der Waals surface area contributed by atoms with Gasteiger partial charge >= 0.3 is 0 Å². The van der Waals surface area contributed by atoms with E-state index in [0.29, 0.717) is 11.7 Å². The van der Waals surface area contributed by atoms with Crippen LogP contribution >= 0.6 is 11.3 Å². The Balaban J connectivity index is 2.00. The van der Waals surface area contributed by atoms with E-state index in [4.69, 9.17) is 0 Å². The smallest absolute Gasteiger partial charge is 0.132 e. The van der Waals surface area contributed by atoms with Crippen molar-refractivity contribution < 1.29 is 4.79 Å². The molecule has 1 aliphatic carbocycles. The van der Waals surface area contributed by atoms with Crippen LogP contribution < -0.4 is 0 Å². The zero-order chi connectivity index (χ0) is 11.8. The van der Waals surface area contributed by atoms with Gasteiger partial charge in [-0.05, 0) is 42.7 Å². The van der Waals surface area contributed by atoms with Crippen LogP contribution in [0.25, 0.3) is 10.1 Å². The fraction of sp³-hybridized carbons (Fsp3) is 0.400. The molecule has 0 bridgehead atoms. The molecule has 2 aromatic rings. The Bertz CT molecular complexity index is 557. The topological polar surface area (TPSA) is 17.1 Å². The largest absolute Gasteiger partial charge is 0.300 e. The van der Waals surface area contributed by atoms with Crippen molar-refractivity contribution in [2.45, 2.75) is 38.5 Å². The number of carbonyl (C=O) groups excluding carboxylic acids is 1. The number of aryl methyl sites for hydroxylation is 1. The van der Waals surface area contributed by atoms with Gasteiger partial charge in [0, 0.05) is 22.4 Å². The van der Waals surface area contributed by atoms with Gasteiger partial charge in [0.2, 0.25) is 0 Å². The molecular formula is C15H16OS. The summed E-state index contributed by atoms with van der Waals surface area (Å²) in [6.07, 6.45) is 3.65. The fourth-order valence-corrected chi connectivity index (χ4v) is 4.16. The zero-order valence-electron chi connectivity index (χ0n) is 10.0. The van der Waals surface area contributed by atoms with E-state index < -0.39 is 0 Å². The Morgan fingerprint density at radius 3 is 2.59 bits per heavy atom. The molecular weight excluding hydrogens is 228 g/mol. The standard InChI is InChI=1S/C15H16OS/c1-10-13-4-2-3-5-14(13)17-15(10)11-6-8-12(16)9-7-11/h2-5,11H,6-9H2,1H3. The molecule has 1 aliphatic rings. The predicted octanol–water partition coefficient (Wildman–Crippen LogP) is 4.44. The summed E-state index contributed by atoms with van der Waals surface area (Å²) in [5.41, 5.74) is 1.44. The summed E-state index contributed by atoms with van der Waals surface area (Å²) in [5, 5.41) is 1.39. The first-order chi connectivity index (χ1) is 8.25. The van der Waals surface area contributed by atoms with Crippen LogP contribution in [0.3, 0.4) is 0 Å². The van der Waals surface area contributed by atoms with E-state index >= 15 is 0 Å². The number of hydrogen-bond donors (Lipinski definition) is 0. The van der Waals surface area contributed by atoms with Gasteiger partial charge in [-0.25, -0.2) is 0 Å². The van der Waals surface area contributed by atoms with Crippen molar-refractivity contribution in [1.82, 2.24) is 0 Å². The molecule has 0 atom stereocenters. The van der Waals surface area contributed by atoms with Gasteiger partial charge in [-0.3, -0.25) is 4.79 Å². The second kappa shape index (κ2) is 4.26. The van der Waals surface area contributed by atoms with E-state index in [1.807, 2.05) is 11.3 Å². The van der Waals surface area contributed by atoms with Crippen LogP contribution in [0.15, 0.2) is 24.3 Å². The maximum Gasteiger partial charge on any atom is 0.132 e. The highest BCUT2D eigenvalue weighted by Gasteiger charge is 2.23. The van der Waals surface area contributed by atoms with Crippen molar-refractivity contribution >= 4 is 27.2 Å². The van der Waals surface area contributed by atoms with E-state index in [0.717, 1.165) is 25.7 Å². The summed E-state index contributed by atoms with van der Waals surface area (Å²) in [4.78, 5) is 12.8. The summed E-state index contributed by atoms with van der Waals surface area (Å²) in [5.74, 6) is 1.06. The molecule has 0 unspecified atom stereocenters. The van der Waals surface area contributed by atoms with E-state index in [9.17, 15) is 4.79 Å². The fourth-order valence-electron chi connectivity index (χ4n) is 2.78. The molecule has 17 heavy (non-hydrogen) atoms. The molecule has 0 N–H and O–H groups in total. The number of Topliss-reactive ketones (excluding diaryl/α,β-unsaturated/α-hetero) is 1. The van der Waals surface area contributed by atoms with Crippen molar-refractivity contribution in [2.75, 3.05) is 0 Å². The number of benzene rings is 1. The van der Waals surface area contributed by atoms with Crippen molar-refractivity contribution in [2.24, 2.45) is 0 Å². The average molecular weight is 244 g/mol. The summed E-state index contributed by atoms with van der Waals surface area (Å²) in [6, 6.07) is 8.62. The SMILES string of the molecule is Cc1c(C2CCC(=O)CC2)sc2ccccc12. The molecule has 1 fully saturated rings. The van der Waals surface area contributed by atoms with Gasteiger partial charge in [-0.2, -0.15) is 0 Å². The van der Waals surface area contributed by atoms with Gasteiger partial charge in [-0.15, -0.1) is 11.3 Å². The number of carbonyl (C=O) groups is 1. The molecule has 0 saturated heterocycles. The lowest BCUT2D eigenvalue weighted by molar-refractivity contribution is -0.120. The number of fused-ring (bicyclic) bond motifs is 1. The number of ketones is 1. The first-order valence-electron chi connectivity index (χ1n) is 6.25. The highest BCUT2D eigenvalue weighted by molar-refractivity contribution is 7.19. The zero-order valence-corrected chi connectivity index (χ0v) is 10.8. The molecule has 3 rings (SSSR count). The van der Waals surface area contributed by atoms with Crippen molar-refractivity contribution in [3.8, 4) is 0 Å². The monoisotopic (exact) mass is 244 g/mol. The normalized spacial score (nSPS) is 17.8. The van der Waals surface area contributed by atoms with Crippen LogP contribution in [0, 0.1) is 6.92 Å². The molecule has 0 radical (unpaired) electrons. The molecule has 1 heterocycles. The molecule has 1 aromatic carbocycles. The number of thiophene rings is 1. The third kappa shape index (κ3) is 1.91. The van der Waals surface area contributed by atoms with Gasteiger partial charge in [0.25, 0.3) is 0 Å². The van der Waals surface area contributed by atoms with Crippen LogP contribution in [0.5, 0.6) is 0 Å². The molecule has 1 nitrogen and oxygen atoms in total. The Labute approximate surface area is 105 Å². The minimum absolute atomic E-state index is 0.444. The third-order valence-corrected chi connectivity index (χ3v) is 5.23. The van der Waals surface area contributed by atoms with Crippen LogP contribution in [0.2, 0.25) is 0 Å². The molecule has 1 saturated carbocycles. The lowest BCUT2D eigenvalue weighted by atomic mass is 9.86. The van der Waals surface area contributed by atoms with Gasteiger partial charge in [0.15, 0.2) is 0 Å². The lowest BCUT2D eigenvalue weighted by Crippen LogP contribution is -2.11. The van der Waals surface area contributed by atoms with E-state index in [2.05, 4.69) is 31.2 Å². The van der Waals surface area contributed by atoms with Crippen molar-refractivity contribution in [3.63, 3.8) is 0 Å². The Kier molecular flexibility index (Phi) is 2.75. The Morgan fingerprint density at radius 2 is 1.88 bits per heavy atom. The molecule has 1 aromatic heterocycles. The highest BCUT2D eigenvalue weighted by Crippen LogP contribution is 2.41. The molecule has 88 valence electrons. The Morgan fingerprint density at radius 1 is 1.18 bits per heavy atom. The molecule has 0 amide bonds. The Hall–Kier alpha value is -1.15. The van der Waals surface area contributed by atoms with Crippen molar-refractivity contribution in [1.29, 1.82) is 0 Å². The first kappa shape index (κ1) is 11.0. The number of rotatable bonds is 1. The van der Waals surface area contributed by atoms with Gasteiger partial charge in [0.05, 0.1) is 0 Å². The van der Waals surface area contributed by atoms with Crippen LogP contribution in [-0.2, 0) is 4.79 Å². The minimum Gasteiger partial charge on any atom is -0.300 e. The van der Waals surface area contributed by atoms with Crippen LogP contribution in [0.4, 0.5) is 0 Å². The highest BCUT2D eigenvalue weighted by atomic mass is 32.1. The average Bonchev–Trinajstić information content (AvgIpc) is 2.69. The third-order valence-electron chi connectivity index (χ3n) is 3.79. The van der Waals surface area contributed by atoms with Gasteiger partial charge < -0.3 is 0 Å². The summed E-state index contributed by atoms with van der Waals surface area (Å²) in [7, 11) is 0. The van der Waals surface area contributed by atoms with Crippen molar-refractivity contribution in [3.05, 3.63) is 34.7 Å². The first-order valence-corrected chi connectivity index (χ1v) is 7.07. The maximum atomic E-state index is 11.3. The predicted molar refractivity (Wildman–Crippen MR) is 72.8 cm³/mol. The van der Waals surface area contributed by atoms with Crippen LogP contribution in [-0.4, -0.2) is 5.78 Å². The summed E-state index contributed by atoms with van der Waals surface area (Å²) in [6.45, 7) is 2.23. The van der Waals surface area contributed by atoms with E-state index in [1.54, 1.807) is 0 Å². The summed E-state index contributed by atoms with van der Waals surface area (Å²) < 4.78 is 1.39. The van der Waals surface area contributed by atoms with E-state index in [1.165, 1.54) is 20.5 Å². The van der Waals surface area contributed by atoms with E-state index in [-0.39, 0.29) is 0 Å². The van der Waals surface area contributed by atoms with Crippen LogP contribution in [0.1, 0.15) is 42.0 Å². The van der Waals surface area contributed by atoms with Gasteiger partial charge in [0.1, 0.15) is 5.78 Å². The maximum absolute atomic E-state index is 11.3. The van der Waals surface area contributed by atoms with Gasteiger partial charge in [-0.1, -0.05) is 18.2 Å². The quantitative estimate of drug-likeness (QED) is 0.725. The minimum atomic E-state index is 0.444. The molecule has 0 aliphatic heterocycles. The molecule has 0 spiro atoms. The molecule has 2 heteroatoms. The lowest BCUT2D eigenvalue weighted by Gasteiger charge is -2.20. The second-order valence-electron chi connectivity index (χ2n) is 4.90. The number of hydrogen-bond acceptors (Lipinski definition) is 2. The second-order valence-corrected chi connectivity index (χ2v) is 5.98.